The van der Waals surface area contributed by atoms with Crippen LogP contribution in [0.1, 0.15) is 23.3 Å². The van der Waals surface area contributed by atoms with Crippen LogP contribution in [0.3, 0.4) is 0 Å². The minimum absolute atomic E-state index is 0.162. The van der Waals surface area contributed by atoms with Gasteiger partial charge in [-0.1, -0.05) is 0 Å². The van der Waals surface area contributed by atoms with E-state index in [-0.39, 0.29) is 5.69 Å². The Morgan fingerprint density at radius 1 is 1.45 bits per heavy atom. The van der Waals surface area contributed by atoms with Crippen molar-refractivity contribution in [1.82, 2.24) is 10.2 Å². The maximum absolute atomic E-state index is 11.3. The van der Waals surface area contributed by atoms with Crippen molar-refractivity contribution in [2.75, 3.05) is 38.8 Å². The van der Waals surface area contributed by atoms with Gasteiger partial charge in [-0.25, -0.2) is 4.79 Å². The minimum atomic E-state index is -0.768. The van der Waals surface area contributed by atoms with E-state index in [2.05, 4.69) is 14.9 Å². The Labute approximate surface area is 117 Å². The number of aromatic nitrogens is 2. The first-order valence-corrected chi connectivity index (χ1v) is 6.47. The van der Waals surface area contributed by atoms with Crippen LogP contribution in [0.2, 0.25) is 0 Å². The average Bonchev–Trinajstić information content (AvgIpc) is 2.47. The molecule has 0 aromatic carbocycles. The van der Waals surface area contributed by atoms with Gasteiger partial charge in [-0.3, -0.25) is 0 Å². The van der Waals surface area contributed by atoms with E-state index >= 15 is 0 Å². The molecule has 1 N–H and O–H groups in total. The highest BCUT2D eigenvalue weighted by Crippen LogP contribution is 2.23. The Morgan fingerprint density at radius 3 is 2.70 bits per heavy atom. The van der Waals surface area contributed by atoms with Gasteiger partial charge in [0.1, 0.15) is 0 Å². The van der Waals surface area contributed by atoms with E-state index in [0.717, 1.165) is 0 Å². The van der Waals surface area contributed by atoms with Crippen LogP contribution in [-0.2, 0) is 9.47 Å². The van der Waals surface area contributed by atoms with E-state index in [4.69, 9.17) is 4.74 Å². The predicted molar refractivity (Wildman–Crippen MR) is 71.6 cm³/mol. The Bertz CT molecular complexity index is 457. The zero-order valence-electron chi connectivity index (χ0n) is 11.7. The van der Waals surface area contributed by atoms with Gasteiger partial charge in [-0.2, -0.15) is 0 Å². The molecule has 2 rings (SSSR count). The highest BCUT2D eigenvalue weighted by atomic mass is 16.5. The van der Waals surface area contributed by atoms with E-state index in [1.165, 1.54) is 7.11 Å². The number of methoxy groups -OCH3 is 1. The van der Waals surface area contributed by atoms with Gasteiger partial charge in [-0.15, -0.1) is 10.2 Å². The Balaban J connectivity index is 2.01. The van der Waals surface area contributed by atoms with Gasteiger partial charge in [0.25, 0.3) is 0 Å². The summed E-state index contributed by atoms with van der Waals surface area (Å²) in [6.45, 7) is 1.58. The summed E-state index contributed by atoms with van der Waals surface area (Å²) in [5, 5.41) is 18.2. The van der Waals surface area contributed by atoms with Crippen LogP contribution < -0.4 is 4.90 Å². The summed E-state index contributed by atoms with van der Waals surface area (Å²) < 4.78 is 9.81. The van der Waals surface area contributed by atoms with Crippen molar-refractivity contribution in [3.05, 3.63) is 17.8 Å². The molecule has 20 heavy (non-hydrogen) atoms. The van der Waals surface area contributed by atoms with Gasteiger partial charge in [0.15, 0.2) is 11.5 Å². The topological polar surface area (TPSA) is 84.8 Å². The fourth-order valence-electron chi connectivity index (χ4n) is 2.17. The summed E-state index contributed by atoms with van der Waals surface area (Å²) >= 11 is 0. The van der Waals surface area contributed by atoms with Gasteiger partial charge in [-0.05, 0) is 12.1 Å². The van der Waals surface area contributed by atoms with Gasteiger partial charge < -0.3 is 19.5 Å². The molecule has 0 bridgehead atoms. The number of ether oxygens (including phenoxy) is 2. The van der Waals surface area contributed by atoms with E-state index in [1.54, 1.807) is 12.1 Å². The second kappa shape index (κ2) is 6.15. The smallest absolute Gasteiger partial charge is 0.358 e. The molecule has 0 atom stereocenters. The number of likely N-dealkylation sites (N-methyl/N-ethyl adjacent to an activating group) is 1. The normalized spacial score (nSPS) is 17.6. The van der Waals surface area contributed by atoms with Gasteiger partial charge in [0.05, 0.1) is 12.7 Å². The van der Waals surface area contributed by atoms with Crippen LogP contribution in [0.25, 0.3) is 0 Å². The summed E-state index contributed by atoms with van der Waals surface area (Å²) in [5.41, 5.74) is -0.607. The first kappa shape index (κ1) is 14.7. The van der Waals surface area contributed by atoms with Crippen LogP contribution in [-0.4, -0.2) is 60.8 Å². The molecular weight excluding hydrogens is 262 g/mol. The number of carbonyl (C=O) groups is 1. The summed E-state index contributed by atoms with van der Waals surface area (Å²) in [4.78, 5) is 13.1. The number of hydrogen-bond acceptors (Lipinski definition) is 7. The largest absolute Gasteiger partial charge is 0.464 e. The molecule has 0 unspecified atom stereocenters. The molecule has 2 heterocycles. The van der Waals surface area contributed by atoms with E-state index in [1.807, 2.05) is 11.9 Å². The summed E-state index contributed by atoms with van der Waals surface area (Å²) in [7, 11) is 3.12. The van der Waals surface area contributed by atoms with Gasteiger partial charge >= 0.3 is 5.97 Å². The van der Waals surface area contributed by atoms with Gasteiger partial charge in [0, 0.05) is 39.6 Å². The van der Waals surface area contributed by atoms with Crippen LogP contribution >= 0.6 is 0 Å². The number of carbonyl (C=O) groups excluding carboxylic acids is 1. The standard InChI is InChI=1S/C13H19N3O4/c1-16(9-13(18)5-7-20-8-6-13)11-4-3-10(14-15-11)12(17)19-2/h3-4,18H,5-9H2,1-2H3. The quantitative estimate of drug-likeness (QED) is 0.791. The molecule has 1 aliphatic heterocycles. The second-order valence-corrected chi connectivity index (χ2v) is 4.96. The lowest BCUT2D eigenvalue weighted by Gasteiger charge is -2.35. The van der Waals surface area contributed by atoms with Crippen LogP contribution in [0.5, 0.6) is 0 Å². The molecule has 1 aliphatic rings. The lowest BCUT2D eigenvalue weighted by atomic mass is 9.94. The van der Waals surface area contributed by atoms with E-state index in [9.17, 15) is 9.90 Å². The van der Waals surface area contributed by atoms with E-state index in [0.29, 0.717) is 38.4 Å². The molecule has 0 radical (unpaired) electrons. The molecule has 7 heteroatoms. The van der Waals surface area contributed by atoms with Crippen molar-refractivity contribution in [2.24, 2.45) is 0 Å². The maximum atomic E-state index is 11.3. The number of aliphatic hydroxyl groups is 1. The Hall–Kier alpha value is -1.73. The molecule has 0 amide bonds. The zero-order valence-corrected chi connectivity index (χ0v) is 11.7. The number of rotatable bonds is 4. The molecule has 0 spiro atoms. The lowest BCUT2D eigenvalue weighted by Crippen LogP contribution is -2.46. The zero-order chi connectivity index (χ0) is 14.6. The summed E-state index contributed by atoms with van der Waals surface area (Å²) in [6.07, 6.45) is 1.20. The van der Waals surface area contributed by atoms with Gasteiger partial charge in [0.2, 0.25) is 0 Å². The highest BCUT2D eigenvalue weighted by Gasteiger charge is 2.31. The van der Waals surface area contributed by atoms with Crippen molar-refractivity contribution < 1.29 is 19.4 Å². The van der Waals surface area contributed by atoms with Crippen molar-refractivity contribution in [1.29, 1.82) is 0 Å². The minimum Gasteiger partial charge on any atom is -0.464 e. The lowest BCUT2D eigenvalue weighted by molar-refractivity contribution is -0.0573. The Morgan fingerprint density at radius 2 is 2.15 bits per heavy atom. The number of nitrogens with zero attached hydrogens (tertiary/aromatic N) is 3. The first-order chi connectivity index (χ1) is 9.54. The Kier molecular flexibility index (Phi) is 4.51. The average molecular weight is 281 g/mol. The molecule has 1 saturated heterocycles. The molecule has 110 valence electrons. The van der Waals surface area contributed by atoms with Crippen LogP contribution in [0, 0.1) is 0 Å². The van der Waals surface area contributed by atoms with Crippen molar-refractivity contribution in [2.45, 2.75) is 18.4 Å². The molecule has 1 aromatic heterocycles. The molecule has 7 nitrogen and oxygen atoms in total. The third-order valence-corrected chi connectivity index (χ3v) is 3.39. The third-order valence-electron chi connectivity index (χ3n) is 3.39. The molecule has 0 aliphatic carbocycles. The maximum Gasteiger partial charge on any atom is 0.358 e. The summed E-state index contributed by atoms with van der Waals surface area (Å²) in [6, 6.07) is 3.24. The third kappa shape index (κ3) is 3.43. The van der Waals surface area contributed by atoms with Crippen molar-refractivity contribution in [3.63, 3.8) is 0 Å². The fraction of sp³-hybridized carbons (Fsp3) is 0.615. The van der Waals surface area contributed by atoms with E-state index < -0.39 is 11.6 Å². The first-order valence-electron chi connectivity index (χ1n) is 6.47. The van der Waals surface area contributed by atoms with Crippen LogP contribution in [0.15, 0.2) is 12.1 Å². The molecule has 1 aromatic rings. The SMILES string of the molecule is COC(=O)c1ccc(N(C)CC2(O)CCOCC2)nn1. The monoisotopic (exact) mass is 281 g/mol. The van der Waals surface area contributed by atoms with Crippen LogP contribution in [0.4, 0.5) is 5.82 Å². The fourth-order valence-corrected chi connectivity index (χ4v) is 2.17. The summed E-state index contributed by atoms with van der Waals surface area (Å²) in [5.74, 6) is 0.0762. The molecular formula is C13H19N3O4. The molecule has 1 fully saturated rings. The predicted octanol–water partition coefficient (Wildman–Crippen LogP) is 0.241. The van der Waals surface area contributed by atoms with Crippen molar-refractivity contribution in [3.8, 4) is 0 Å². The molecule has 0 saturated carbocycles. The number of hydrogen-bond donors (Lipinski definition) is 1. The second-order valence-electron chi connectivity index (χ2n) is 4.96. The number of esters is 1. The number of anilines is 1. The highest BCUT2D eigenvalue weighted by molar-refractivity contribution is 5.86. The van der Waals surface area contributed by atoms with Crippen molar-refractivity contribution >= 4 is 11.8 Å².